The summed E-state index contributed by atoms with van der Waals surface area (Å²) >= 11 is 1.73. The first-order valence-electron chi connectivity index (χ1n) is 5.09. The minimum atomic E-state index is 0.517. The monoisotopic (exact) mass is 218 g/mol. The fourth-order valence-electron chi connectivity index (χ4n) is 1.35. The second kappa shape index (κ2) is 4.53. The molecule has 0 unspecified atom stereocenters. The van der Waals surface area contributed by atoms with Crippen molar-refractivity contribution >= 4 is 11.3 Å². The highest BCUT2D eigenvalue weighted by Crippen LogP contribution is 2.19. The molecule has 0 aliphatic heterocycles. The maximum absolute atomic E-state index is 4.60. The molecule has 0 fully saturated rings. The molecule has 2 aromatic heterocycles. The molecule has 2 nitrogen and oxygen atoms in total. The van der Waals surface area contributed by atoms with Crippen molar-refractivity contribution in [1.82, 2.24) is 9.97 Å². The molecular formula is C12H14N2S. The average Bonchev–Trinajstić information content (AvgIpc) is 2.68. The lowest BCUT2D eigenvalue weighted by molar-refractivity contribution is 0.825. The fraction of sp³-hybridized carbons (Fsp3) is 0.333. The van der Waals surface area contributed by atoms with Gasteiger partial charge < -0.3 is 0 Å². The van der Waals surface area contributed by atoms with Crippen LogP contribution in [0.5, 0.6) is 0 Å². The first kappa shape index (κ1) is 10.3. The van der Waals surface area contributed by atoms with Gasteiger partial charge in [0.05, 0.1) is 10.7 Å². The van der Waals surface area contributed by atoms with E-state index in [9.17, 15) is 0 Å². The number of thiazole rings is 1. The van der Waals surface area contributed by atoms with Gasteiger partial charge in [0.15, 0.2) is 0 Å². The summed E-state index contributed by atoms with van der Waals surface area (Å²) in [6.07, 6.45) is 4.59. The standard InChI is InChI=1S/C12H14N2S/c1-9(2)11-8-15-12(14-11)6-10-4-3-5-13-7-10/h3-5,7-9H,6H2,1-2H3. The topological polar surface area (TPSA) is 25.8 Å². The Morgan fingerprint density at radius 2 is 2.27 bits per heavy atom. The lowest BCUT2D eigenvalue weighted by atomic mass is 10.1. The molecule has 0 amide bonds. The van der Waals surface area contributed by atoms with E-state index in [4.69, 9.17) is 0 Å². The predicted octanol–water partition coefficient (Wildman–Crippen LogP) is 3.25. The Kier molecular flexibility index (Phi) is 3.11. The van der Waals surface area contributed by atoms with E-state index in [0.29, 0.717) is 5.92 Å². The van der Waals surface area contributed by atoms with Crippen LogP contribution in [-0.2, 0) is 6.42 Å². The fourth-order valence-corrected chi connectivity index (χ4v) is 2.34. The van der Waals surface area contributed by atoms with Crippen molar-refractivity contribution in [2.45, 2.75) is 26.2 Å². The second-order valence-electron chi connectivity index (χ2n) is 3.86. The zero-order valence-electron chi connectivity index (χ0n) is 8.97. The van der Waals surface area contributed by atoms with Crippen LogP contribution in [0.4, 0.5) is 0 Å². The first-order valence-corrected chi connectivity index (χ1v) is 5.97. The van der Waals surface area contributed by atoms with Crippen molar-refractivity contribution in [1.29, 1.82) is 0 Å². The predicted molar refractivity (Wildman–Crippen MR) is 63.2 cm³/mol. The van der Waals surface area contributed by atoms with E-state index >= 15 is 0 Å². The zero-order chi connectivity index (χ0) is 10.7. The minimum absolute atomic E-state index is 0.517. The van der Waals surface area contributed by atoms with E-state index in [1.807, 2.05) is 12.3 Å². The number of aromatic nitrogens is 2. The van der Waals surface area contributed by atoms with Gasteiger partial charge in [0, 0.05) is 24.2 Å². The molecule has 2 aromatic rings. The molecule has 3 heteroatoms. The van der Waals surface area contributed by atoms with Gasteiger partial charge in [-0.25, -0.2) is 4.98 Å². The van der Waals surface area contributed by atoms with Crippen LogP contribution in [0.3, 0.4) is 0 Å². The van der Waals surface area contributed by atoms with E-state index in [0.717, 1.165) is 6.42 Å². The van der Waals surface area contributed by atoms with Gasteiger partial charge in [-0.1, -0.05) is 19.9 Å². The Morgan fingerprint density at radius 1 is 1.40 bits per heavy atom. The molecule has 0 saturated carbocycles. The molecule has 0 bridgehead atoms. The molecular weight excluding hydrogens is 204 g/mol. The zero-order valence-corrected chi connectivity index (χ0v) is 9.79. The van der Waals surface area contributed by atoms with Gasteiger partial charge in [-0.15, -0.1) is 11.3 Å². The highest BCUT2D eigenvalue weighted by Gasteiger charge is 2.05. The quantitative estimate of drug-likeness (QED) is 0.790. The van der Waals surface area contributed by atoms with Crippen molar-refractivity contribution in [2.75, 3.05) is 0 Å². The van der Waals surface area contributed by atoms with Crippen LogP contribution in [0.2, 0.25) is 0 Å². The van der Waals surface area contributed by atoms with E-state index in [1.54, 1.807) is 17.5 Å². The van der Waals surface area contributed by atoms with Gasteiger partial charge in [0.25, 0.3) is 0 Å². The molecule has 0 aliphatic rings. The van der Waals surface area contributed by atoms with Crippen LogP contribution in [0, 0.1) is 0 Å². The summed E-state index contributed by atoms with van der Waals surface area (Å²) < 4.78 is 0. The normalized spacial score (nSPS) is 10.9. The molecule has 0 atom stereocenters. The number of rotatable bonds is 3. The number of pyridine rings is 1. The van der Waals surface area contributed by atoms with E-state index < -0.39 is 0 Å². The largest absolute Gasteiger partial charge is 0.264 e. The summed E-state index contributed by atoms with van der Waals surface area (Å²) in [5.74, 6) is 0.517. The maximum atomic E-state index is 4.60. The summed E-state index contributed by atoms with van der Waals surface area (Å²) in [7, 11) is 0. The molecule has 0 aromatic carbocycles. The average molecular weight is 218 g/mol. The minimum Gasteiger partial charge on any atom is -0.264 e. The van der Waals surface area contributed by atoms with Gasteiger partial charge in [-0.3, -0.25) is 4.98 Å². The lowest BCUT2D eigenvalue weighted by Crippen LogP contribution is -1.91. The van der Waals surface area contributed by atoms with E-state index in [2.05, 4.69) is 35.3 Å². The number of hydrogen-bond donors (Lipinski definition) is 0. The molecule has 0 N–H and O–H groups in total. The van der Waals surface area contributed by atoms with Gasteiger partial charge in [-0.05, 0) is 17.5 Å². The van der Waals surface area contributed by atoms with Gasteiger partial charge in [0.2, 0.25) is 0 Å². The Bertz CT molecular complexity index is 420. The van der Waals surface area contributed by atoms with Crippen LogP contribution in [0.1, 0.15) is 36.0 Å². The molecule has 0 spiro atoms. The van der Waals surface area contributed by atoms with Crippen molar-refractivity contribution in [2.24, 2.45) is 0 Å². The highest BCUT2D eigenvalue weighted by molar-refractivity contribution is 7.09. The third-order valence-corrected chi connectivity index (χ3v) is 3.11. The van der Waals surface area contributed by atoms with Gasteiger partial charge in [0.1, 0.15) is 0 Å². The summed E-state index contributed by atoms with van der Waals surface area (Å²) in [4.78, 5) is 8.70. The maximum Gasteiger partial charge on any atom is 0.0972 e. The summed E-state index contributed by atoms with van der Waals surface area (Å²) in [6, 6.07) is 4.05. The van der Waals surface area contributed by atoms with Crippen molar-refractivity contribution in [3.63, 3.8) is 0 Å². The molecule has 2 rings (SSSR count). The summed E-state index contributed by atoms with van der Waals surface area (Å²) in [5, 5.41) is 3.32. The Labute approximate surface area is 94.0 Å². The molecule has 0 radical (unpaired) electrons. The Morgan fingerprint density at radius 3 is 2.87 bits per heavy atom. The second-order valence-corrected chi connectivity index (χ2v) is 4.80. The third kappa shape index (κ3) is 2.63. The van der Waals surface area contributed by atoms with E-state index in [1.165, 1.54) is 16.3 Å². The number of nitrogens with zero attached hydrogens (tertiary/aromatic N) is 2. The molecule has 78 valence electrons. The van der Waals surface area contributed by atoms with Crippen LogP contribution in [0.25, 0.3) is 0 Å². The van der Waals surface area contributed by atoms with Crippen LogP contribution >= 0.6 is 11.3 Å². The van der Waals surface area contributed by atoms with Crippen LogP contribution in [0.15, 0.2) is 29.9 Å². The SMILES string of the molecule is CC(C)c1csc(Cc2cccnc2)n1. The highest BCUT2D eigenvalue weighted by atomic mass is 32.1. The smallest absolute Gasteiger partial charge is 0.0972 e. The van der Waals surface area contributed by atoms with Crippen LogP contribution in [-0.4, -0.2) is 9.97 Å². The number of hydrogen-bond acceptors (Lipinski definition) is 3. The van der Waals surface area contributed by atoms with Crippen molar-refractivity contribution in [3.05, 3.63) is 46.2 Å². The Balaban J connectivity index is 2.12. The van der Waals surface area contributed by atoms with Crippen LogP contribution < -0.4 is 0 Å². The summed E-state index contributed by atoms with van der Waals surface area (Å²) in [5.41, 5.74) is 2.42. The molecule has 0 saturated heterocycles. The first-order chi connectivity index (χ1) is 7.25. The van der Waals surface area contributed by atoms with Crippen molar-refractivity contribution in [3.8, 4) is 0 Å². The van der Waals surface area contributed by atoms with Crippen molar-refractivity contribution < 1.29 is 0 Å². The lowest BCUT2D eigenvalue weighted by Gasteiger charge is -1.98. The molecule has 15 heavy (non-hydrogen) atoms. The molecule has 0 aliphatic carbocycles. The third-order valence-electron chi connectivity index (χ3n) is 2.24. The summed E-state index contributed by atoms with van der Waals surface area (Å²) in [6.45, 7) is 4.34. The van der Waals surface area contributed by atoms with E-state index in [-0.39, 0.29) is 0 Å². The van der Waals surface area contributed by atoms with Gasteiger partial charge >= 0.3 is 0 Å². The Hall–Kier alpha value is -1.22. The van der Waals surface area contributed by atoms with Gasteiger partial charge in [-0.2, -0.15) is 0 Å². The molecule has 2 heterocycles.